The van der Waals surface area contributed by atoms with Crippen molar-refractivity contribution < 1.29 is 4.74 Å². The molecule has 0 aromatic carbocycles. The molecule has 0 saturated carbocycles. The van der Waals surface area contributed by atoms with Gasteiger partial charge in [0.05, 0.1) is 6.10 Å². The minimum Gasteiger partial charge on any atom is -0.376 e. The molecule has 6 heteroatoms. The minimum absolute atomic E-state index is 0.331. The topological polar surface area (TPSA) is 40.6 Å². The summed E-state index contributed by atoms with van der Waals surface area (Å²) in [5.41, 5.74) is 0. The molecule has 0 radical (unpaired) electrons. The lowest BCUT2D eigenvalue weighted by Gasteiger charge is -2.37. The van der Waals surface area contributed by atoms with Crippen LogP contribution >= 0.6 is 12.2 Å². The number of aromatic nitrogens is 1. The molecule has 2 fully saturated rings. The summed E-state index contributed by atoms with van der Waals surface area (Å²) in [6.07, 6.45) is 4.48. The van der Waals surface area contributed by atoms with Gasteiger partial charge in [-0.05, 0) is 37.2 Å². The molecule has 0 bridgehead atoms. The summed E-state index contributed by atoms with van der Waals surface area (Å²) in [5.74, 6) is 1.05. The average Bonchev–Trinajstić information content (AvgIpc) is 3.07. The second-order valence-electron chi connectivity index (χ2n) is 5.48. The SMILES string of the molecule is S=C(NCC1CCCO1)N1CCN(c2ccccn2)CC1. The largest absolute Gasteiger partial charge is 0.376 e. The van der Waals surface area contributed by atoms with Crippen molar-refractivity contribution in [2.45, 2.75) is 18.9 Å². The summed E-state index contributed by atoms with van der Waals surface area (Å²) in [6, 6.07) is 6.04. The van der Waals surface area contributed by atoms with Gasteiger partial charge in [0.2, 0.25) is 0 Å². The van der Waals surface area contributed by atoms with Crippen LogP contribution in [0.25, 0.3) is 0 Å². The van der Waals surface area contributed by atoms with E-state index >= 15 is 0 Å². The number of rotatable bonds is 3. The summed E-state index contributed by atoms with van der Waals surface area (Å²) >= 11 is 5.49. The molecule has 114 valence electrons. The second-order valence-corrected chi connectivity index (χ2v) is 5.87. The molecule has 1 N–H and O–H groups in total. The van der Waals surface area contributed by atoms with E-state index in [0.717, 1.165) is 56.7 Å². The Morgan fingerprint density at radius 3 is 2.86 bits per heavy atom. The van der Waals surface area contributed by atoms with Crippen LogP contribution in [0.3, 0.4) is 0 Å². The quantitative estimate of drug-likeness (QED) is 0.848. The molecule has 5 nitrogen and oxygen atoms in total. The molecule has 0 amide bonds. The van der Waals surface area contributed by atoms with Crippen LogP contribution in [0.4, 0.5) is 5.82 Å². The molecule has 1 unspecified atom stereocenters. The fraction of sp³-hybridized carbons (Fsp3) is 0.600. The number of hydrogen-bond acceptors (Lipinski definition) is 4. The Hall–Kier alpha value is -1.40. The first-order valence-electron chi connectivity index (χ1n) is 7.63. The van der Waals surface area contributed by atoms with Crippen LogP contribution in [0.5, 0.6) is 0 Å². The summed E-state index contributed by atoms with van der Waals surface area (Å²) in [5, 5.41) is 4.20. The van der Waals surface area contributed by atoms with Gasteiger partial charge in [0.15, 0.2) is 5.11 Å². The molecule has 21 heavy (non-hydrogen) atoms. The van der Waals surface area contributed by atoms with E-state index in [-0.39, 0.29) is 0 Å². The molecular formula is C15H22N4OS. The monoisotopic (exact) mass is 306 g/mol. The van der Waals surface area contributed by atoms with Gasteiger partial charge < -0.3 is 19.9 Å². The van der Waals surface area contributed by atoms with Crippen LogP contribution in [-0.2, 0) is 4.74 Å². The highest BCUT2D eigenvalue weighted by Gasteiger charge is 2.21. The van der Waals surface area contributed by atoms with Crippen molar-refractivity contribution in [1.82, 2.24) is 15.2 Å². The van der Waals surface area contributed by atoms with Crippen molar-refractivity contribution in [3.63, 3.8) is 0 Å². The Morgan fingerprint density at radius 1 is 1.33 bits per heavy atom. The number of piperazine rings is 1. The fourth-order valence-electron chi connectivity index (χ4n) is 2.80. The maximum absolute atomic E-state index is 5.61. The van der Waals surface area contributed by atoms with Crippen molar-refractivity contribution in [1.29, 1.82) is 0 Å². The van der Waals surface area contributed by atoms with Gasteiger partial charge >= 0.3 is 0 Å². The zero-order valence-corrected chi connectivity index (χ0v) is 13.0. The maximum Gasteiger partial charge on any atom is 0.169 e. The van der Waals surface area contributed by atoms with Gasteiger partial charge in [0.25, 0.3) is 0 Å². The van der Waals surface area contributed by atoms with E-state index in [1.807, 2.05) is 18.3 Å². The lowest BCUT2D eigenvalue weighted by atomic mass is 10.2. The molecule has 3 heterocycles. The van der Waals surface area contributed by atoms with Gasteiger partial charge in [-0.15, -0.1) is 0 Å². The molecule has 1 aromatic heterocycles. The van der Waals surface area contributed by atoms with Crippen molar-refractivity contribution in [3.8, 4) is 0 Å². The van der Waals surface area contributed by atoms with Crippen molar-refractivity contribution in [2.24, 2.45) is 0 Å². The van der Waals surface area contributed by atoms with Crippen molar-refractivity contribution in [3.05, 3.63) is 24.4 Å². The van der Waals surface area contributed by atoms with E-state index in [0.29, 0.717) is 6.10 Å². The minimum atomic E-state index is 0.331. The Morgan fingerprint density at radius 2 is 2.19 bits per heavy atom. The highest BCUT2D eigenvalue weighted by Crippen LogP contribution is 2.13. The summed E-state index contributed by atoms with van der Waals surface area (Å²) < 4.78 is 5.61. The van der Waals surface area contributed by atoms with Crippen molar-refractivity contribution >= 4 is 23.1 Å². The van der Waals surface area contributed by atoms with E-state index in [1.165, 1.54) is 6.42 Å². The Balaban J connectivity index is 1.43. The van der Waals surface area contributed by atoms with Crippen molar-refractivity contribution in [2.75, 3.05) is 44.2 Å². The number of nitrogens with zero attached hydrogens (tertiary/aromatic N) is 3. The van der Waals surface area contributed by atoms with Gasteiger partial charge in [0, 0.05) is 45.5 Å². The molecule has 2 aliphatic rings. The van der Waals surface area contributed by atoms with Crippen LogP contribution in [0.2, 0.25) is 0 Å². The molecular weight excluding hydrogens is 284 g/mol. The zero-order chi connectivity index (χ0) is 14.5. The van der Waals surface area contributed by atoms with E-state index in [4.69, 9.17) is 17.0 Å². The first-order chi connectivity index (χ1) is 10.3. The second kappa shape index (κ2) is 7.04. The molecule has 3 rings (SSSR count). The first-order valence-corrected chi connectivity index (χ1v) is 8.04. The van der Waals surface area contributed by atoms with Gasteiger partial charge in [-0.1, -0.05) is 6.07 Å². The third kappa shape index (κ3) is 3.83. The number of nitrogens with one attached hydrogen (secondary N) is 1. The van der Waals surface area contributed by atoms with E-state index < -0.39 is 0 Å². The molecule has 2 saturated heterocycles. The molecule has 0 aliphatic carbocycles. The van der Waals surface area contributed by atoms with Gasteiger partial charge in [0.1, 0.15) is 5.82 Å². The molecule has 0 spiro atoms. The predicted molar refractivity (Wildman–Crippen MR) is 87.6 cm³/mol. The van der Waals surface area contributed by atoms with Crippen LogP contribution < -0.4 is 10.2 Å². The highest BCUT2D eigenvalue weighted by atomic mass is 32.1. The lowest BCUT2D eigenvalue weighted by Crippen LogP contribution is -2.52. The Kier molecular flexibility index (Phi) is 4.87. The average molecular weight is 306 g/mol. The molecule has 1 aromatic rings. The van der Waals surface area contributed by atoms with E-state index in [1.54, 1.807) is 0 Å². The van der Waals surface area contributed by atoms with Crippen LogP contribution in [0.15, 0.2) is 24.4 Å². The Bertz CT molecular complexity index is 456. The zero-order valence-electron chi connectivity index (χ0n) is 12.2. The van der Waals surface area contributed by atoms with Crippen LogP contribution in [0.1, 0.15) is 12.8 Å². The summed E-state index contributed by atoms with van der Waals surface area (Å²) in [7, 11) is 0. The number of hydrogen-bond donors (Lipinski definition) is 1. The number of ether oxygens (including phenoxy) is 1. The van der Waals surface area contributed by atoms with Gasteiger partial charge in [-0.25, -0.2) is 4.98 Å². The van der Waals surface area contributed by atoms with Gasteiger partial charge in [-0.3, -0.25) is 0 Å². The number of thiocarbonyl (C=S) groups is 1. The third-order valence-electron chi connectivity index (χ3n) is 4.05. The normalized spacial score (nSPS) is 22.4. The van der Waals surface area contributed by atoms with Crippen LogP contribution in [-0.4, -0.2) is 60.4 Å². The standard InChI is InChI=1S/C15H22N4OS/c21-15(17-12-13-4-3-11-20-13)19-9-7-18(8-10-19)14-5-1-2-6-16-14/h1-2,5-6,13H,3-4,7-12H2,(H,17,21). The maximum atomic E-state index is 5.61. The fourth-order valence-corrected chi connectivity index (χ4v) is 3.06. The van der Waals surface area contributed by atoms with Crippen LogP contribution in [0, 0.1) is 0 Å². The van der Waals surface area contributed by atoms with E-state index in [9.17, 15) is 0 Å². The molecule has 2 aliphatic heterocycles. The molecule has 1 atom stereocenters. The Labute approximate surface area is 131 Å². The van der Waals surface area contributed by atoms with Gasteiger partial charge in [-0.2, -0.15) is 0 Å². The first kappa shape index (κ1) is 14.5. The summed E-state index contributed by atoms with van der Waals surface area (Å²) in [4.78, 5) is 8.95. The third-order valence-corrected chi connectivity index (χ3v) is 4.45. The summed E-state index contributed by atoms with van der Waals surface area (Å²) in [6.45, 7) is 5.51. The van der Waals surface area contributed by atoms with E-state index in [2.05, 4.69) is 26.2 Å². The predicted octanol–water partition coefficient (Wildman–Crippen LogP) is 1.26. The lowest BCUT2D eigenvalue weighted by molar-refractivity contribution is 0.113. The smallest absolute Gasteiger partial charge is 0.169 e. The number of pyridine rings is 1. The number of anilines is 1. The highest BCUT2D eigenvalue weighted by molar-refractivity contribution is 7.80.